The molecule has 0 bridgehead atoms. The summed E-state index contributed by atoms with van der Waals surface area (Å²) in [6.45, 7) is 2.18. The first-order chi connectivity index (χ1) is 6.04. The summed E-state index contributed by atoms with van der Waals surface area (Å²) in [5.74, 6) is 1.21. The monoisotopic (exact) mass is 225 g/mol. The molecule has 0 radical (unpaired) electrons. The Morgan fingerprint density at radius 2 is 2.08 bits per heavy atom. The predicted octanol–water partition coefficient (Wildman–Crippen LogP) is 0.892. The van der Waals surface area contributed by atoms with Crippen LogP contribution in [-0.4, -0.2) is 38.0 Å². The average Bonchev–Trinajstić information content (AvgIpc) is 2.05. The lowest BCUT2D eigenvalue weighted by atomic mass is 10.3. The highest BCUT2D eigenvalue weighted by molar-refractivity contribution is 7.98. The first kappa shape index (κ1) is 13.3. The van der Waals surface area contributed by atoms with E-state index in [0.29, 0.717) is 18.7 Å². The van der Waals surface area contributed by atoms with E-state index in [4.69, 9.17) is 5.73 Å². The molecule has 0 spiro atoms. The third kappa shape index (κ3) is 5.54. The Hall–Kier alpha value is 0.260. The maximum atomic E-state index is 11.5. The topological polar surface area (TPSA) is 60.2 Å². The van der Waals surface area contributed by atoms with Crippen LogP contribution in [0.2, 0.25) is 0 Å². The van der Waals surface area contributed by atoms with Gasteiger partial charge in [0.2, 0.25) is 0 Å². The Labute approximate surface area is 85.4 Å². The van der Waals surface area contributed by atoms with Gasteiger partial charge >= 0.3 is 0 Å². The average molecular weight is 225 g/mol. The SMILES string of the molecule is CSCCCS(=O)(=O)C(C)CCN. The van der Waals surface area contributed by atoms with E-state index < -0.39 is 9.84 Å². The second kappa shape index (κ2) is 6.68. The van der Waals surface area contributed by atoms with Crippen LogP contribution >= 0.6 is 11.8 Å². The van der Waals surface area contributed by atoms with Crippen LogP contribution in [0, 0.1) is 0 Å². The zero-order valence-corrected chi connectivity index (χ0v) is 9.96. The van der Waals surface area contributed by atoms with Crippen molar-refractivity contribution in [2.75, 3.05) is 24.3 Å². The van der Waals surface area contributed by atoms with Crippen LogP contribution in [0.1, 0.15) is 19.8 Å². The number of hydrogen-bond donors (Lipinski definition) is 1. The minimum absolute atomic E-state index is 0.278. The van der Waals surface area contributed by atoms with Gasteiger partial charge in [0.25, 0.3) is 0 Å². The molecule has 0 rings (SSSR count). The molecule has 0 heterocycles. The summed E-state index contributed by atoms with van der Waals surface area (Å²) in [6.07, 6.45) is 3.30. The van der Waals surface area contributed by atoms with Crippen molar-refractivity contribution in [1.29, 1.82) is 0 Å². The van der Waals surface area contributed by atoms with E-state index in [-0.39, 0.29) is 5.25 Å². The van der Waals surface area contributed by atoms with Crippen molar-refractivity contribution in [1.82, 2.24) is 0 Å². The minimum Gasteiger partial charge on any atom is -0.330 e. The van der Waals surface area contributed by atoms with Crippen LogP contribution < -0.4 is 5.73 Å². The van der Waals surface area contributed by atoms with E-state index in [9.17, 15) is 8.42 Å². The zero-order valence-electron chi connectivity index (χ0n) is 8.32. The van der Waals surface area contributed by atoms with Crippen molar-refractivity contribution in [3.8, 4) is 0 Å². The molecule has 13 heavy (non-hydrogen) atoms. The fourth-order valence-corrected chi connectivity index (χ4v) is 3.08. The van der Waals surface area contributed by atoms with Crippen molar-refractivity contribution in [3.05, 3.63) is 0 Å². The standard InChI is InChI=1S/C8H19NO2S2/c1-8(4-5-9)13(10,11)7-3-6-12-2/h8H,3-7,9H2,1-2H3. The van der Waals surface area contributed by atoms with Gasteiger partial charge in [-0.15, -0.1) is 0 Å². The third-order valence-electron chi connectivity index (χ3n) is 1.96. The van der Waals surface area contributed by atoms with Crippen LogP contribution in [0.4, 0.5) is 0 Å². The van der Waals surface area contributed by atoms with E-state index >= 15 is 0 Å². The maximum absolute atomic E-state index is 11.5. The molecule has 80 valence electrons. The summed E-state index contributed by atoms with van der Waals surface area (Å²) >= 11 is 1.68. The molecule has 1 atom stereocenters. The van der Waals surface area contributed by atoms with Crippen molar-refractivity contribution >= 4 is 21.6 Å². The van der Waals surface area contributed by atoms with Gasteiger partial charge in [-0.1, -0.05) is 0 Å². The normalized spacial score (nSPS) is 14.4. The molecule has 5 heteroatoms. The Morgan fingerprint density at radius 3 is 2.54 bits per heavy atom. The summed E-state index contributed by atoms with van der Waals surface area (Å²) in [6, 6.07) is 0. The van der Waals surface area contributed by atoms with Gasteiger partial charge in [0.05, 0.1) is 11.0 Å². The molecule has 0 fully saturated rings. The van der Waals surface area contributed by atoms with Crippen LogP contribution in [0.15, 0.2) is 0 Å². The lowest BCUT2D eigenvalue weighted by molar-refractivity contribution is 0.577. The van der Waals surface area contributed by atoms with Crippen LogP contribution in [0.5, 0.6) is 0 Å². The molecule has 0 saturated heterocycles. The first-order valence-electron chi connectivity index (χ1n) is 4.45. The second-order valence-corrected chi connectivity index (χ2v) is 6.63. The van der Waals surface area contributed by atoms with E-state index in [1.54, 1.807) is 18.7 Å². The lowest BCUT2D eigenvalue weighted by Gasteiger charge is -2.10. The minimum atomic E-state index is -2.89. The second-order valence-electron chi connectivity index (χ2n) is 3.10. The number of thioether (sulfide) groups is 1. The largest absolute Gasteiger partial charge is 0.330 e. The third-order valence-corrected chi connectivity index (χ3v) is 4.98. The summed E-state index contributed by atoms with van der Waals surface area (Å²) in [5, 5.41) is -0.278. The van der Waals surface area contributed by atoms with Crippen molar-refractivity contribution in [2.24, 2.45) is 5.73 Å². The van der Waals surface area contributed by atoms with Crippen molar-refractivity contribution in [2.45, 2.75) is 25.0 Å². The number of sulfone groups is 1. The molecule has 0 aliphatic rings. The fraction of sp³-hybridized carbons (Fsp3) is 1.00. The van der Waals surface area contributed by atoms with Gasteiger partial charge in [0.15, 0.2) is 9.84 Å². The molecule has 2 N–H and O–H groups in total. The van der Waals surface area contributed by atoms with E-state index in [0.717, 1.165) is 12.2 Å². The quantitative estimate of drug-likeness (QED) is 0.654. The van der Waals surface area contributed by atoms with Gasteiger partial charge < -0.3 is 5.73 Å². The molecule has 1 unspecified atom stereocenters. The highest BCUT2D eigenvalue weighted by atomic mass is 32.2. The molecule has 0 aliphatic carbocycles. The molecule has 0 aromatic heterocycles. The number of hydrogen-bond acceptors (Lipinski definition) is 4. The highest BCUT2D eigenvalue weighted by Gasteiger charge is 2.18. The Morgan fingerprint density at radius 1 is 1.46 bits per heavy atom. The molecular formula is C8H19NO2S2. The maximum Gasteiger partial charge on any atom is 0.152 e. The molecule has 0 aromatic carbocycles. The highest BCUT2D eigenvalue weighted by Crippen LogP contribution is 2.08. The molecular weight excluding hydrogens is 206 g/mol. The first-order valence-corrected chi connectivity index (χ1v) is 7.56. The zero-order chi connectivity index (χ0) is 10.3. The smallest absolute Gasteiger partial charge is 0.152 e. The van der Waals surface area contributed by atoms with Gasteiger partial charge in [-0.2, -0.15) is 11.8 Å². The molecule has 0 aromatic rings. The van der Waals surface area contributed by atoms with Gasteiger partial charge in [0.1, 0.15) is 0 Å². The van der Waals surface area contributed by atoms with E-state index in [1.165, 1.54) is 0 Å². The van der Waals surface area contributed by atoms with Crippen LogP contribution in [0.3, 0.4) is 0 Å². The van der Waals surface area contributed by atoms with Crippen LogP contribution in [0.25, 0.3) is 0 Å². The summed E-state index contributed by atoms with van der Waals surface area (Å²) in [4.78, 5) is 0. The lowest BCUT2D eigenvalue weighted by Crippen LogP contribution is -2.24. The molecule has 3 nitrogen and oxygen atoms in total. The number of nitrogens with two attached hydrogens (primary N) is 1. The van der Waals surface area contributed by atoms with Gasteiger partial charge in [-0.25, -0.2) is 8.42 Å². The van der Waals surface area contributed by atoms with E-state index in [2.05, 4.69) is 0 Å². The Kier molecular flexibility index (Phi) is 6.81. The van der Waals surface area contributed by atoms with Gasteiger partial charge in [-0.3, -0.25) is 0 Å². The Balaban J connectivity index is 3.92. The fourth-order valence-electron chi connectivity index (χ4n) is 1.02. The Bertz CT molecular complexity index is 214. The molecule has 0 saturated carbocycles. The predicted molar refractivity (Wildman–Crippen MR) is 59.9 cm³/mol. The van der Waals surface area contributed by atoms with Crippen molar-refractivity contribution < 1.29 is 8.42 Å². The van der Waals surface area contributed by atoms with Crippen molar-refractivity contribution in [3.63, 3.8) is 0 Å². The molecule has 0 amide bonds. The summed E-state index contributed by atoms with van der Waals surface area (Å²) in [7, 11) is -2.89. The van der Waals surface area contributed by atoms with Gasteiger partial charge in [0, 0.05) is 0 Å². The van der Waals surface area contributed by atoms with Crippen LogP contribution in [-0.2, 0) is 9.84 Å². The molecule has 0 aliphatic heterocycles. The summed E-state index contributed by atoms with van der Waals surface area (Å²) in [5.41, 5.74) is 5.31. The summed E-state index contributed by atoms with van der Waals surface area (Å²) < 4.78 is 23.1. The van der Waals surface area contributed by atoms with E-state index in [1.807, 2.05) is 6.26 Å². The van der Waals surface area contributed by atoms with Gasteiger partial charge in [-0.05, 0) is 38.3 Å². The number of rotatable bonds is 7.